The van der Waals surface area contributed by atoms with Gasteiger partial charge in [0.05, 0.1) is 0 Å². The largest absolute Gasteiger partial charge is 0.444 e. The van der Waals surface area contributed by atoms with E-state index in [1.165, 1.54) is 4.90 Å². The Hall–Kier alpha value is -1.63. The third-order valence-electron chi connectivity index (χ3n) is 2.91. The Morgan fingerprint density at radius 1 is 1.41 bits per heavy atom. The summed E-state index contributed by atoms with van der Waals surface area (Å²) in [4.78, 5) is 29.9. The molecule has 1 N–H and O–H groups in total. The first kappa shape index (κ1) is 16.7. The molecular weight excluding hydrogens is 350 g/mol. The molecular formula is C15H20BrN3O3. The van der Waals surface area contributed by atoms with E-state index in [2.05, 4.69) is 26.2 Å². The van der Waals surface area contributed by atoms with Gasteiger partial charge in [-0.3, -0.25) is 9.69 Å². The highest BCUT2D eigenvalue weighted by atomic mass is 79.9. The summed E-state index contributed by atoms with van der Waals surface area (Å²) in [6, 6.07) is 5.33. The number of rotatable bonds is 4. The number of hydrogen-bond donors (Lipinski definition) is 1. The molecule has 0 aromatic carbocycles. The van der Waals surface area contributed by atoms with Gasteiger partial charge in [-0.2, -0.15) is 0 Å². The normalized spacial score (nSPS) is 14.4. The van der Waals surface area contributed by atoms with E-state index in [4.69, 9.17) is 4.74 Å². The first-order chi connectivity index (χ1) is 10.2. The number of carbonyl (C=O) groups is 2. The fraction of sp³-hybridized carbons (Fsp3) is 0.533. The Balaban J connectivity index is 1.96. The van der Waals surface area contributed by atoms with Crippen LogP contribution in [0.25, 0.3) is 0 Å². The lowest BCUT2D eigenvalue weighted by molar-refractivity contribution is -0.117. The van der Waals surface area contributed by atoms with E-state index < -0.39 is 11.7 Å². The van der Waals surface area contributed by atoms with E-state index in [9.17, 15) is 9.59 Å². The fourth-order valence-electron chi connectivity index (χ4n) is 1.86. The zero-order valence-electron chi connectivity index (χ0n) is 12.9. The van der Waals surface area contributed by atoms with Crippen LogP contribution in [-0.4, -0.2) is 40.1 Å². The van der Waals surface area contributed by atoms with Crippen LogP contribution in [0.3, 0.4) is 0 Å². The predicted octanol–water partition coefficient (Wildman–Crippen LogP) is 3.18. The summed E-state index contributed by atoms with van der Waals surface area (Å²) < 4.78 is 5.99. The van der Waals surface area contributed by atoms with Crippen molar-refractivity contribution in [3.63, 3.8) is 0 Å². The molecule has 120 valence electrons. The minimum Gasteiger partial charge on any atom is -0.444 e. The lowest BCUT2D eigenvalue weighted by Crippen LogP contribution is -2.42. The number of nitrogens with one attached hydrogen (secondary N) is 1. The standard InChI is InChI=1S/C15H20BrN3O3/c1-15(2,3)22-14(21)19(10-7-8-10)9-13(20)18-12-6-4-5-11(16)17-12/h4-6,10H,7-9H2,1-3H3,(H,17,18,20). The molecule has 7 heteroatoms. The number of anilines is 1. The average Bonchev–Trinajstić information content (AvgIpc) is 3.17. The van der Waals surface area contributed by atoms with Crippen LogP contribution in [0, 0.1) is 0 Å². The maximum atomic E-state index is 12.2. The third kappa shape index (κ3) is 5.29. The molecule has 1 aromatic heterocycles. The summed E-state index contributed by atoms with van der Waals surface area (Å²) in [7, 11) is 0. The molecule has 0 spiro atoms. The number of amides is 2. The molecule has 0 radical (unpaired) electrons. The SMILES string of the molecule is CC(C)(C)OC(=O)N(CC(=O)Nc1cccc(Br)n1)C1CC1. The minimum absolute atomic E-state index is 0.0340. The molecule has 2 rings (SSSR count). The van der Waals surface area contributed by atoms with Crippen LogP contribution < -0.4 is 5.32 Å². The quantitative estimate of drug-likeness (QED) is 0.827. The van der Waals surface area contributed by atoms with Crippen LogP contribution in [0.15, 0.2) is 22.8 Å². The van der Waals surface area contributed by atoms with Gasteiger partial charge < -0.3 is 10.1 Å². The van der Waals surface area contributed by atoms with E-state index in [-0.39, 0.29) is 18.5 Å². The van der Waals surface area contributed by atoms with Crippen molar-refractivity contribution < 1.29 is 14.3 Å². The number of pyridine rings is 1. The second-order valence-electron chi connectivity index (χ2n) is 6.23. The minimum atomic E-state index is -0.577. The van der Waals surface area contributed by atoms with Crippen molar-refractivity contribution in [1.82, 2.24) is 9.88 Å². The maximum Gasteiger partial charge on any atom is 0.411 e. The number of aromatic nitrogens is 1. The Bertz CT molecular complexity index is 567. The molecule has 1 saturated carbocycles. The van der Waals surface area contributed by atoms with Crippen molar-refractivity contribution in [1.29, 1.82) is 0 Å². The van der Waals surface area contributed by atoms with Crippen LogP contribution in [-0.2, 0) is 9.53 Å². The van der Waals surface area contributed by atoms with Crippen LogP contribution in [0.1, 0.15) is 33.6 Å². The van der Waals surface area contributed by atoms with Crippen molar-refractivity contribution in [3.05, 3.63) is 22.8 Å². The molecule has 0 bridgehead atoms. The van der Waals surface area contributed by atoms with Crippen LogP contribution in [0.2, 0.25) is 0 Å². The number of carbonyl (C=O) groups excluding carboxylic acids is 2. The average molecular weight is 370 g/mol. The number of hydrogen-bond acceptors (Lipinski definition) is 4. The summed E-state index contributed by atoms with van der Waals surface area (Å²) in [5.41, 5.74) is -0.577. The van der Waals surface area contributed by atoms with Crippen molar-refractivity contribution >= 4 is 33.7 Å². The summed E-state index contributed by atoms with van der Waals surface area (Å²) in [6.45, 7) is 5.39. The van der Waals surface area contributed by atoms with E-state index in [0.717, 1.165) is 12.8 Å². The van der Waals surface area contributed by atoms with Gasteiger partial charge in [0, 0.05) is 6.04 Å². The van der Waals surface area contributed by atoms with Crippen LogP contribution >= 0.6 is 15.9 Å². The molecule has 1 heterocycles. The van der Waals surface area contributed by atoms with E-state index >= 15 is 0 Å². The molecule has 1 aromatic rings. The molecule has 0 aliphatic heterocycles. The molecule has 1 fully saturated rings. The third-order valence-corrected chi connectivity index (χ3v) is 3.35. The maximum absolute atomic E-state index is 12.2. The topological polar surface area (TPSA) is 71.5 Å². The van der Waals surface area contributed by atoms with Crippen LogP contribution in [0.4, 0.5) is 10.6 Å². The molecule has 0 unspecified atom stereocenters. The van der Waals surface area contributed by atoms with Gasteiger partial charge in [0.1, 0.15) is 22.6 Å². The van der Waals surface area contributed by atoms with Crippen molar-refractivity contribution in [2.75, 3.05) is 11.9 Å². The van der Waals surface area contributed by atoms with E-state index in [1.54, 1.807) is 18.2 Å². The molecule has 1 aliphatic rings. The van der Waals surface area contributed by atoms with Gasteiger partial charge in [0.15, 0.2) is 0 Å². The number of halogens is 1. The van der Waals surface area contributed by atoms with Gasteiger partial charge >= 0.3 is 6.09 Å². The highest BCUT2D eigenvalue weighted by Gasteiger charge is 2.36. The van der Waals surface area contributed by atoms with Crippen LogP contribution in [0.5, 0.6) is 0 Å². The van der Waals surface area contributed by atoms with Gasteiger partial charge in [-0.15, -0.1) is 0 Å². The van der Waals surface area contributed by atoms with Gasteiger partial charge in [0.25, 0.3) is 0 Å². The Labute approximate surface area is 138 Å². The second-order valence-corrected chi connectivity index (χ2v) is 7.05. The van der Waals surface area contributed by atoms with E-state index in [0.29, 0.717) is 10.4 Å². The van der Waals surface area contributed by atoms with Crippen molar-refractivity contribution in [3.8, 4) is 0 Å². The first-order valence-corrected chi connectivity index (χ1v) is 7.96. The van der Waals surface area contributed by atoms with Crippen molar-refractivity contribution in [2.45, 2.75) is 45.3 Å². The Kier molecular flexibility index (Phi) is 5.05. The first-order valence-electron chi connectivity index (χ1n) is 7.16. The second kappa shape index (κ2) is 6.64. The highest BCUT2D eigenvalue weighted by molar-refractivity contribution is 9.10. The molecule has 2 amide bonds. The molecule has 0 saturated heterocycles. The summed E-state index contributed by atoms with van der Waals surface area (Å²) in [5, 5.41) is 2.68. The molecule has 1 aliphatic carbocycles. The molecule has 0 atom stereocenters. The predicted molar refractivity (Wildman–Crippen MR) is 86.5 cm³/mol. The Morgan fingerprint density at radius 3 is 2.64 bits per heavy atom. The monoisotopic (exact) mass is 369 g/mol. The zero-order valence-corrected chi connectivity index (χ0v) is 14.5. The summed E-state index contributed by atoms with van der Waals surface area (Å²) >= 11 is 3.25. The van der Waals surface area contributed by atoms with Crippen molar-refractivity contribution in [2.24, 2.45) is 0 Å². The number of nitrogens with zero attached hydrogens (tertiary/aromatic N) is 2. The van der Waals surface area contributed by atoms with E-state index in [1.807, 2.05) is 20.8 Å². The molecule has 6 nitrogen and oxygen atoms in total. The van der Waals surface area contributed by atoms with Gasteiger partial charge in [-0.25, -0.2) is 9.78 Å². The van der Waals surface area contributed by atoms with Gasteiger partial charge in [-0.05, 0) is 61.7 Å². The van der Waals surface area contributed by atoms with Gasteiger partial charge in [0.2, 0.25) is 5.91 Å². The Morgan fingerprint density at radius 2 is 2.09 bits per heavy atom. The number of ether oxygens (including phenoxy) is 1. The summed E-state index contributed by atoms with van der Waals surface area (Å²) in [6.07, 6.45) is 1.36. The summed E-state index contributed by atoms with van der Waals surface area (Å²) in [5.74, 6) is 0.155. The molecule has 22 heavy (non-hydrogen) atoms. The highest BCUT2D eigenvalue weighted by Crippen LogP contribution is 2.28. The fourth-order valence-corrected chi connectivity index (χ4v) is 2.21. The lowest BCUT2D eigenvalue weighted by atomic mass is 10.2. The lowest BCUT2D eigenvalue weighted by Gasteiger charge is -2.27. The zero-order chi connectivity index (χ0) is 16.3. The van der Waals surface area contributed by atoms with Gasteiger partial charge in [-0.1, -0.05) is 6.07 Å². The smallest absolute Gasteiger partial charge is 0.411 e.